The standard InChI is InChI=1S/C17H16N5OS/c1-21-15-9-14-11(10-18-22(14)2)8-16(15)24-17(21)20-19-12-4-6-13(23-3)7-5-12/h4-10H,1-3H3/q+1. The van der Waals surface area contributed by atoms with E-state index in [1.807, 2.05) is 49.2 Å². The summed E-state index contributed by atoms with van der Waals surface area (Å²) in [5.41, 5.74) is 3.02. The number of rotatable bonds is 3. The molecule has 24 heavy (non-hydrogen) atoms. The molecule has 0 aliphatic heterocycles. The maximum Gasteiger partial charge on any atom is 0.409 e. The molecule has 0 fully saturated rings. The number of nitrogens with zero attached hydrogens (tertiary/aromatic N) is 5. The molecular weight excluding hydrogens is 322 g/mol. The summed E-state index contributed by atoms with van der Waals surface area (Å²) in [7, 11) is 5.60. The molecule has 0 N–H and O–H groups in total. The van der Waals surface area contributed by atoms with E-state index >= 15 is 0 Å². The molecular formula is C17H16N5OS+. The number of fused-ring (bicyclic) bond motifs is 2. The first-order valence-corrected chi connectivity index (χ1v) is 8.27. The van der Waals surface area contributed by atoms with Crippen molar-refractivity contribution in [1.82, 2.24) is 9.78 Å². The molecule has 0 radical (unpaired) electrons. The third-order valence-electron chi connectivity index (χ3n) is 4.00. The lowest BCUT2D eigenvalue weighted by atomic mass is 10.2. The highest BCUT2D eigenvalue weighted by Crippen LogP contribution is 2.30. The lowest BCUT2D eigenvalue weighted by Crippen LogP contribution is -2.25. The van der Waals surface area contributed by atoms with E-state index in [1.54, 1.807) is 18.4 Å². The summed E-state index contributed by atoms with van der Waals surface area (Å²) in [6.07, 6.45) is 1.88. The second kappa shape index (κ2) is 5.68. The largest absolute Gasteiger partial charge is 0.497 e. The monoisotopic (exact) mass is 338 g/mol. The molecule has 0 unspecified atom stereocenters. The van der Waals surface area contributed by atoms with Crippen LogP contribution in [0.3, 0.4) is 0 Å². The summed E-state index contributed by atoms with van der Waals surface area (Å²) < 4.78 is 10.3. The SMILES string of the molecule is COc1ccc(N=Nc2sc3cc4cnn(C)c4cc3[n+]2C)cc1. The number of benzene rings is 2. The molecule has 0 bridgehead atoms. The molecule has 2 aromatic heterocycles. The van der Waals surface area contributed by atoms with E-state index in [2.05, 4.69) is 32.0 Å². The van der Waals surface area contributed by atoms with Crippen LogP contribution in [0.15, 0.2) is 52.8 Å². The van der Waals surface area contributed by atoms with Gasteiger partial charge in [-0.2, -0.15) is 5.10 Å². The third-order valence-corrected chi connectivity index (χ3v) is 5.08. The Morgan fingerprint density at radius 3 is 2.71 bits per heavy atom. The Morgan fingerprint density at radius 1 is 1.17 bits per heavy atom. The molecule has 0 saturated carbocycles. The highest BCUT2D eigenvalue weighted by atomic mass is 32.1. The summed E-state index contributed by atoms with van der Waals surface area (Å²) in [5, 5.41) is 15.0. The first-order chi connectivity index (χ1) is 11.7. The minimum absolute atomic E-state index is 0.794. The Morgan fingerprint density at radius 2 is 1.96 bits per heavy atom. The number of aromatic nitrogens is 3. The van der Waals surface area contributed by atoms with E-state index in [-0.39, 0.29) is 0 Å². The predicted molar refractivity (Wildman–Crippen MR) is 94.4 cm³/mol. The Kier molecular flexibility index (Phi) is 3.50. The van der Waals surface area contributed by atoms with E-state index in [4.69, 9.17) is 4.74 Å². The predicted octanol–water partition coefficient (Wildman–Crippen LogP) is 4.04. The van der Waals surface area contributed by atoms with Crippen molar-refractivity contribution in [1.29, 1.82) is 0 Å². The summed E-state index contributed by atoms with van der Waals surface area (Å²) in [6.45, 7) is 0. The Bertz CT molecular complexity index is 1060. The van der Waals surface area contributed by atoms with Gasteiger partial charge in [0.2, 0.25) is 0 Å². The van der Waals surface area contributed by atoms with Crippen LogP contribution >= 0.6 is 11.3 Å². The average Bonchev–Trinajstić information content (AvgIpc) is 3.12. The van der Waals surface area contributed by atoms with Gasteiger partial charge in [-0.05, 0) is 46.8 Å². The van der Waals surface area contributed by atoms with Crippen LogP contribution in [0.4, 0.5) is 10.8 Å². The normalized spacial score (nSPS) is 11.8. The minimum atomic E-state index is 0.794. The van der Waals surface area contributed by atoms with E-state index < -0.39 is 0 Å². The van der Waals surface area contributed by atoms with Crippen LogP contribution in [0, 0.1) is 0 Å². The Hall–Kier alpha value is -2.80. The lowest BCUT2D eigenvalue weighted by molar-refractivity contribution is -0.627. The second-order valence-corrected chi connectivity index (χ2v) is 6.50. The van der Waals surface area contributed by atoms with E-state index in [1.165, 1.54) is 4.70 Å². The number of hydrogen-bond acceptors (Lipinski definition) is 5. The molecule has 0 amide bonds. The molecule has 0 spiro atoms. The lowest BCUT2D eigenvalue weighted by Gasteiger charge is -1.96. The van der Waals surface area contributed by atoms with Crippen molar-refractivity contribution in [2.75, 3.05) is 7.11 Å². The summed E-state index contributed by atoms with van der Waals surface area (Å²) in [4.78, 5) is 0. The molecule has 0 aliphatic rings. The minimum Gasteiger partial charge on any atom is -0.497 e. The third kappa shape index (κ3) is 2.43. The quantitative estimate of drug-likeness (QED) is 0.418. The number of hydrogen-bond donors (Lipinski definition) is 0. The topological polar surface area (TPSA) is 55.7 Å². The zero-order valence-electron chi connectivity index (χ0n) is 13.6. The maximum atomic E-state index is 5.15. The van der Waals surface area contributed by atoms with Crippen molar-refractivity contribution in [2.45, 2.75) is 0 Å². The highest BCUT2D eigenvalue weighted by Gasteiger charge is 2.17. The number of aryl methyl sites for hydroxylation is 2. The van der Waals surface area contributed by atoms with Crippen molar-refractivity contribution in [3.63, 3.8) is 0 Å². The second-order valence-electron chi connectivity index (χ2n) is 5.49. The molecule has 120 valence electrons. The van der Waals surface area contributed by atoms with Gasteiger partial charge >= 0.3 is 5.13 Å². The highest BCUT2D eigenvalue weighted by molar-refractivity contribution is 7.21. The fourth-order valence-electron chi connectivity index (χ4n) is 2.62. The van der Waals surface area contributed by atoms with E-state index in [0.29, 0.717) is 0 Å². The molecule has 2 heterocycles. The summed E-state index contributed by atoms with van der Waals surface area (Å²) >= 11 is 1.62. The van der Waals surface area contributed by atoms with Crippen LogP contribution in [0.1, 0.15) is 0 Å². The van der Waals surface area contributed by atoms with Gasteiger partial charge in [-0.3, -0.25) is 4.68 Å². The average molecular weight is 338 g/mol. The molecule has 7 heteroatoms. The number of thiazole rings is 1. The number of ether oxygens (including phenoxy) is 1. The summed E-state index contributed by atoms with van der Waals surface area (Å²) in [5.74, 6) is 0.807. The summed E-state index contributed by atoms with van der Waals surface area (Å²) in [6, 6.07) is 11.8. The molecule has 0 saturated heterocycles. The van der Waals surface area contributed by atoms with Gasteiger partial charge in [0.25, 0.3) is 0 Å². The molecule has 0 aliphatic carbocycles. The molecule has 6 nitrogen and oxygen atoms in total. The zero-order chi connectivity index (χ0) is 16.7. The van der Waals surface area contributed by atoms with Crippen molar-refractivity contribution in [2.24, 2.45) is 24.3 Å². The Balaban J connectivity index is 1.74. The van der Waals surface area contributed by atoms with Gasteiger partial charge in [-0.25, -0.2) is 4.57 Å². The molecule has 0 atom stereocenters. The molecule has 4 aromatic rings. The van der Waals surface area contributed by atoms with Gasteiger partial charge in [0.1, 0.15) is 17.0 Å². The van der Waals surface area contributed by atoms with Crippen LogP contribution in [-0.2, 0) is 14.1 Å². The van der Waals surface area contributed by atoms with Crippen LogP contribution in [-0.4, -0.2) is 16.9 Å². The Labute approximate surface area is 142 Å². The van der Waals surface area contributed by atoms with Gasteiger partial charge < -0.3 is 4.74 Å². The van der Waals surface area contributed by atoms with Crippen molar-refractivity contribution < 1.29 is 9.30 Å². The van der Waals surface area contributed by atoms with Crippen LogP contribution < -0.4 is 9.30 Å². The van der Waals surface area contributed by atoms with Crippen molar-refractivity contribution >= 4 is 43.3 Å². The smallest absolute Gasteiger partial charge is 0.409 e. The van der Waals surface area contributed by atoms with Crippen LogP contribution in [0.25, 0.3) is 21.1 Å². The molecule has 4 rings (SSSR count). The van der Waals surface area contributed by atoms with E-state index in [0.717, 1.165) is 33.0 Å². The first kappa shape index (κ1) is 14.8. The van der Waals surface area contributed by atoms with Crippen LogP contribution in [0.5, 0.6) is 5.75 Å². The molecule has 2 aromatic carbocycles. The van der Waals surface area contributed by atoms with E-state index in [9.17, 15) is 0 Å². The maximum absolute atomic E-state index is 5.15. The fourth-order valence-corrected chi connectivity index (χ4v) is 3.62. The fraction of sp³-hybridized carbons (Fsp3) is 0.176. The van der Waals surface area contributed by atoms with Gasteiger partial charge in [0.15, 0.2) is 0 Å². The zero-order valence-corrected chi connectivity index (χ0v) is 14.4. The van der Waals surface area contributed by atoms with Crippen molar-refractivity contribution in [3.8, 4) is 5.75 Å². The van der Waals surface area contributed by atoms with Crippen molar-refractivity contribution in [3.05, 3.63) is 42.6 Å². The number of azo groups is 1. The van der Waals surface area contributed by atoms with Gasteiger partial charge in [-0.1, -0.05) is 0 Å². The van der Waals surface area contributed by atoms with Gasteiger partial charge in [0, 0.05) is 18.5 Å². The first-order valence-electron chi connectivity index (χ1n) is 7.46. The van der Waals surface area contributed by atoms with Gasteiger partial charge in [-0.15, -0.1) is 0 Å². The van der Waals surface area contributed by atoms with Crippen LogP contribution in [0.2, 0.25) is 0 Å². The number of methoxy groups -OCH3 is 1. The van der Waals surface area contributed by atoms with Gasteiger partial charge in [0.05, 0.1) is 35.7 Å².